The maximum absolute atomic E-state index is 2.81. The first-order valence-electron chi connectivity index (χ1n) is 16.0. The molecule has 2 heterocycles. The van der Waals surface area contributed by atoms with E-state index in [9.17, 15) is 0 Å². The van der Waals surface area contributed by atoms with E-state index in [1.165, 1.54) is 73.4 Å². The van der Waals surface area contributed by atoms with Crippen LogP contribution in [0.5, 0.6) is 0 Å². The molecule has 0 fully saturated rings. The Bertz CT molecular complexity index is 1530. The van der Waals surface area contributed by atoms with E-state index >= 15 is 0 Å². The topological polar surface area (TPSA) is 3.88 Å². The summed E-state index contributed by atoms with van der Waals surface area (Å²) >= 11 is 0. The van der Waals surface area contributed by atoms with Crippen molar-refractivity contribution in [1.29, 1.82) is 0 Å². The Morgan fingerprint density at radius 2 is 1.28 bits per heavy atom. The standard InChI is InChI=1S/C38H50N/c1-10-28-26-22-32-31-23-27(26)33-25-21-30-29(34(3,4)13-14-35(30,5)6)20-24(25)12-19-39(33)38(28,11-2)18-17-37(32,9)16-15-36(31,7)8/h12,19-23,28H,10-11,13-18H2,1-9H3/q+1. The molecule has 1 aliphatic heterocycles. The summed E-state index contributed by atoms with van der Waals surface area (Å²) in [6.45, 7) is 22.4. The van der Waals surface area contributed by atoms with Gasteiger partial charge in [0.1, 0.15) is 0 Å². The highest BCUT2D eigenvalue weighted by Gasteiger charge is 2.56. The van der Waals surface area contributed by atoms with Crippen LogP contribution in [0.4, 0.5) is 0 Å². The van der Waals surface area contributed by atoms with Crippen molar-refractivity contribution in [1.82, 2.24) is 0 Å². The average molecular weight is 521 g/mol. The molecule has 4 aliphatic rings. The summed E-state index contributed by atoms with van der Waals surface area (Å²) < 4.78 is 2.81. The number of pyridine rings is 1. The van der Waals surface area contributed by atoms with Gasteiger partial charge in [0.05, 0.1) is 10.9 Å². The normalized spacial score (nSPS) is 30.8. The molecule has 3 aliphatic carbocycles. The van der Waals surface area contributed by atoms with Crippen LogP contribution in [0.1, 0.15) is 147 Å². The molecule has 1 aromatic heterocycles. The molecule has 3 unspecified atom stereocenters. The van der Waals surface area contributed by atoms with Crippen molar-refractivity contribution in [3.8, 4) is 11.3 Å². The van der Waals surface area contributed by atoms with E-state index in [1.54, 1.807) is 27.8 Å². The van der Waals surface area contributed by atoms with Crippen LogP contribution >= 0.6 is 0 Å². The van der Waals surface area contributed by atoms with Crippen molar-refractivity contribution in [2.24, 2.45) is 0 Å². The van der Waals surface area contributed by atoms with Gasteiger partial charge in [0, 0.05) is 24.8 Å². The molecule has 0 amide bonds. The molecule has 206 valence electrons. The lowest BCUT2D eigenvalue weighted by Crippen LogP contribution is -2.63. The minimum absolute atomic E-state index is 0.144. The molecular weight excluding hydrogens is 470 g/mol. The molecule has 0 spiro atoms. The third-order valence-corrected chi connectivity index (χ3v) is 12.7. The fourth-order valence-corrected chi connectivity index (χ4v) is 9.70. The molecule has 0 radical (unpaired) electrons. The molecule has 3 bridgehead atoms. The lowest BCUT2D eigenvalue weighted by molar-refractivity contribution is -0.762. The number of benzene rings is 2. The predicted octanol–water partition coefficient (Wildman–Crippen LogP) is 9.88. The van der Waals surface area contributed by atoms with Crippen molar-refractivity contribution in [3.63, 3.8) is 0 Å². The summed E-state index contributed by atoms with van der Waals surface area (Å²) in [6.07, 6.45) is 12.6. The zero-order chi connectivity index (χ0) is 27.8. The van der Waals surface area contributed by atoms with Gasteiger partial charge in [-0.3, -0.25) is 0 Å². The van der Waals surface area contributed by atoms with Crippen LogP contribution in [0.25, 0.3) is 22.0 Å². The lowest BCUT2D eigenvalue weighted by atomic mass is 9.55. The van der Waals surface area contributed by atoms with Gasteiger partial charge in [-0.05, 0) is 112 Å². The number of hydrogen-bond acceptors (Lipinski definition) is 0. The van der Waals surface area contributed by atoms with Crippen LogP contribution in [0.2, 0.25) is 0 Å². The Labute approximate surface area is 237 Å². The van der Waals surface area contributed by atoms with Crippen LogP contribution < -0.4 is 4.57 Å². The van der Waals surface area contributed by atoms with Gasteiger partial charge in [0.15, 0.2) is 11.7 Å². The molecule has 2 aromatic carbocycles. The molecule has 0 N–H and O–H groups in total. The van der Waals surface area contributed by atoms with Crippen molar-refractivity contribution in [2.45, 2.75) is 147 Å². The largest absolute Gasteiger partial charge is 0.221 e. The zero-order valence-electron chi connectivity index (χ0n) is 26.1. The molecule has 3 atom stereocenters. The summed E-state index contributed by atoms with van der Waals surface area (Å²) in [7, 11) is 0. The fraction of sp³-hybridized carbons (Fsp3) is 0.605. The summed E-state index contributed by atoms with van der Waals surface area (Å²) in [5, 5.41) is 2.91. The highest BCUT2D eigenvalue weighted by molar-refractivity contribution is 5.96. The zero-order valence-corrected chi connectivity index (χ0v) is 26.1. The fourth-order valence-electron chi connectivity index (χ4n) is 9.70. The SMILES string of the molecule is CCC1c2cc3c4cc2-c2c5cc6c(cc5cc[n+]2C1(CC)CCC3(C)CCC4(C)C)C(C)(C)CCC6(C)C. The van der Waals surface area contributed by atoms with Crippen LogP contribution in [0, 0.1) is 0 Å². The summed E-state index contributed by atoms with van der Waals surface area (Å²) in [5.74, 6) is 0.570. The van der Waals surface area contributed by atoms with E-state index in [4.69, 9.17) is 0 Å². The van der Waals surface area contributed by atoms with E-state index < -0.39 is 0 Å². The maximum atomic E-state index is 2.81. The average Bonchev–Trinajstić information content (AvgIpc) is 2.90. The van der Waals surface area contributed by atoms with E-state index in [0.29, 0.717) is 11.3 Å². The van der Waals surface area contributed by atoms with Crippen molar-refractivity contribution < 1.29 is 4.57 Å². The van der Waals surface area contributed by atoms with Gasteiger partial charge in [0.25, 0.3) is 0 Å². The Kier molecular flexibility index (Phi) is 5.14. The van der Waals surface area contributed by atoms with Crippen LogP contribution in [0.15, 0.2) is 36.5 Å². The molecule has 39 heavy (non-hydrogen) atoms. The Morgan fingerprint density at radius 3 is 1.92 bits per heavy atom. The van der Waals surface area contributed by atoms with Crippen LogP contribution in [0.3, 0.4) is 0 Å². The van der Waals surface area contributed by atoms with Crippen molar-refractivity contribution in [2.75, 3.05) is 0 Å². The van der Waals surface area contributed by atoms with Gasteiger partial charge in [-0.25, -0.2) is 0 Å². The highest BCUT2D eigenvalue weighted by Crippen LogP contribution is 2.58. The molecule has 7 rings (SSSR count). The Hall–Kier alpha value is -2.15. The number of aromatic nitrogens is 1. The first-order valence-corrected chi connectivity index (χ1v) is 16.0. The molecule has 3 aromatic rings. The second-order valence-corrected chi connectivity index (χ2v) is 16.1. The van der Waals surface area contributed by atoms with E-state index in [2.05, 4.69) is 103 Å². The Morgan fingerprint density at radius 1 is 0.692 bits per heavy atom. The highest BCUT2D eigenvalue weighted by atomic mass is 15.1. The minimum atomic E-state index is 0.144. The first-order chi connectivity index (χ1) is 18.3. The van der Waals surface area contributed by atoms with Crippen LogP contribution in [-0.2, 0) is 27.2 Å². The van der Waals surface area contributed by atoms with Crippen molar-refractivity contribution >= 4 is 10.8 Å². The van der Waals surface area contributed by atoms with Gasteiger partial charge < -0.3 is 0 Å². The van der Waals surface area contributed by atoms with E-state index in [0.717, 1.165) is 0 Å². The smallest absolute Gasteiger partial charge is 0.192 e. The lowest BCUT2D eigenvalue weighted by Gasteiger charge is -2.50. The number of fused-ring (bicyclic) bond motifs is 7. The van der Waals surface area contributed by atoms with E-state index in [-0.39, 0.29) is 21.8 Å². The summed E-state index contributed by atoms with van der Waals surface area (Å²) in [4.78, 5) is 0. The monoisotopic (exact) mass is 520 g/mol. The molecule has 0 saturated carbocycles. The first kappa shape index (κ1) is 25.8. The number of nitrogens with zero attached hydrogens (tertiary/aromatic N) is 1. The van der Waals surface area contributed by atoms with Gasteiger partial charge in [0.2, 0.25) is 5.69 Å². The van der Waals surface area contributed by atoms with Gasteiger partial charge in [-0.1, -0.05) is 68.4 Å². The molecular formula is C38H50N+. The van der Waals surface area contributed by atoms with Gasteiger partial charge in [-0.2, -0.15) is 4.57 Å². The third kappa shape index (κ3) is 3.23. The van der Waals surface area contributed by atoms with Gasteiger partial charge in [-0.15, -0.1) is 0 Å². The number of rotatable bonds is 2. The number of hydrogen-bond donors (Lipinski definition) is 0. The minimum Gasteiger partial charge on any atom is -0.192 e. The summed E-state index contributed by atoms with van der Waals surface area (Å²) in [6, 6.07) is 13.1. The summed E-state index contributed by atoms with van der Waals surface area (Å²) in [5.41, 5.74) is 12.2. The van der Waals surface area contributed by atoms with Gasteiger partial charge >= 0.3 is 0 Å². The second-order valence-electron chi connectivity index (χ2n) is 16.1. The Balaban J connectivity index is 1.64. The van der Waals surface area contributed by atoms with Crippen molar-refractivity contribution in [3.05, 3.63) is 64.3 Å². The molecule has 1 nitrogen and oxygen atoms in total. The second kappa shape index (κ2) is 7.77. The van der Waals surface area contributed by atoms with Crippen LogP contribution in [-0.4, -0.2) is 0 Å². The molecule has 0 saturated heterocycles. The quantitative estimate of drug-likeness (QED) is 0.296. The predicted molar refractivity (Wildman–Crippen MR) is 165 cm³/mol. The molecule has 1 heteroatoms. The maximum Gasteiger partial charge on any atom is 0.221 e. The third-order valence-electron chi connectivity index (χ3n) is 12.7. The van der Waals surface area contributed by atoms with E-state index in [1.807, 2.05) is 0 Å².